The molecular formula is C28H36O8. The molecule has 8 nitrogen and oxygen atoms in total. The molecule has 0 bridgehead atoms. The molecule has 0 aliphatic carbocycles. The molecule has 1 heterocycles. The van der Waals surface area contributed by atoms with Crippen LogP contribution < -0.4 is 10.2 Å². The van der Waals surface area contributed by atoms with E-state index >= 15 is 0 Å². The zero-order valence-corrected chi connectivity index (χ0v) is 20.8. The van der Waals surface area contributed by atoms with Gasteiger partial charge in [-0.15, -0.1) is 0 Å². The van der Waals surface area contributed by atoms with Gasteiger partial charge in [-0.05, 0) is 31.4 Å². The molecule has 5 N–H and O–H groups in total. The molecule has 196 valence electrons. The number of ether oxygens (including phenoxy) is 1. The van der Waals surface area contributed by atoms with Crippen molar-refractivity contribution >= 4 is 11.0 Å². The minimum atomic E-state index is -0.667. The van der Waals surface area contributed by atoms with Crippen LogP contribution in [-0.4, -0.2) is 39.2 Å². The van der Waals surface area contributed by atoms with Crippen molar-refractivity contribution < 1.29 is 34.7 Å². The third-order valence-corrected chi connectivity index (χ3v) is 6.47. The van der Waals surface area contributed by atoms with Crippen LogP contribution >= 0.6 is 0 Å². The van der Waals surface area contributed by atoms with E-state index in [1.165, 1.54) is 51.0 Å². The van der Waals surface area contributed by atoms with Crippen LogP contribution in [0.1, 0.15) is 69.8 Å². The Kier molecular flexibility index (Phi) is 9.87. The number of aliphatic hydroxyl groups excluding tert-OH is 1. The lowest BCUT2D eigenvalue weighted by atomic mass is 10.00. The van der Waals surface area contributed by atoms with E-state index in [-0.39, 0.29) is 34.6 Å². The van der Waals surface area contributed by atoms with Gasteiger partial charge in [0.25, 0.3) is 0 Å². The summed E-state index contributed by atoms with van der Waals surface area (Å²) < 4.78 is 11.3. The standard InChI is InChI=1S/C28H36O8/c1-35-24-17-25-26(20(30)16-23(36-25)18-14-21(31)28(34)22(32)15-18)27(33)19(24)12-10-8-6-4-2-3-5-7-9-11-13-29/h14-17,29,31-34H,2-13H2,1H3. The number of hydrogen-bond acceptors (Lipinski definition) is 8. The summed E-state index contributed by atoms with van der Waals surface area (Å²) in [4.78, 5) is 12.9. The third kappa shape index (κ3) is 6.63. The Morgan fingerprint density at radius 1 is 0.750 bits per heavy atom. The number of aliphatic hydroxyl groups is 1. The van der Waals surface area contributed by atoms with Crippen LogP contribution in [0.5, 0.6) is 28.7 Å². The maximum Gasteiger partial charge on any atom is 0.200 e. The Balaban J connectivity index is 1.67. The van der Waals surface area contributed by atoms with Crippen molar-refractivity contribution in [2.45, 2.75) is 70.6 Å². The zero-order valence-electron chi connectivity index (χ0n) is 20.8. The minimum absolute atomic E-state index is 0.0444. The number of hydrogen-bond donors (Lipinski definition) is 5. The molecule has 2 aromatic carbocycles. The lowest BCUT2D eigenvalue weighted by molar-refractivity contribution is 0.282. The Morgan fingerprint density at radius 3 is 1.86 bits per heavy atom. The topological polar surface area (TPSA) is 141 Å². The fraction of sp³-hybridized carbons (Fsp3) is 0.464. The highest BCUT2D eigenvalue weighted by Crippen LogP contribution is 2.41. The molecular weight excluding hydrogens is 464 g/mol. The van der Waals surface area contributed by atoms with Gasteiger partial charge in [0.2, 0.25) is 0 Å². The van der Waals surface area contributed by atoms with Crippen LogP contribution in [-0.2, 0) is 6.42 Å². The normalized spacial score (nSPS) is 11.3. The molecule has 0 aliphatic heterocycles. The van der Waals surface area contributed by atoms with Crippen LogP contribution in [0.4, 0.5) is 0 Å². The van der Waals surface area contributed by atoms with Gasteiger partial charge in [-0.25, -0.2) is 0 Å². The largest absolute Gasteiger partial charge is 0.507 e. The van der Waals surface area contributed by atoms with Crippen molar-refractivity contribution in [3.8, 4) is 40.1 Å². The zero-order chi connectivity index (χ0) is 26.1. The molecule has 0 fully saturated rings. The number of benzene rings is 2. The first-order chi connectivity index (χ1) is 17.4. The van der Waals surface area contributed by atoms with Crippen LogP contribution in [0.25, 0.3) is 22.3 Å². The number of aromatic hydroxyl groups is 4. The van der Waals surface area contributed by atoms with Crippen molar-refractivity contribution in [1.29, 1.82) is 0 Å². The molecule has 1 aromatic heterocycles. The minimum Gasteiger partial charge on any atom is -0.507 e. The highest BCUT2D eigenvalue weighted by Gasteiger charge is 2.19. The van der Waals surface area contributed by atoms with Crippen molar-refractivity contribution in [2.75, 3.05) is 13.7 Å². The number of fused-ring (bicyclic) bond motifs is 1. The van der Waals surface area contributed by atoms with E-state index in [1.807, 2.05) is 0 Å². The second kappa shape index (κ2) is 13.1. The van der Waals surface area contributed by atoms with E-state index in [2.05, 4.69) is 0 Å². The summed E-state index contributed by atoms with van der Waals surface area (Å²) >= 11 is 0. The number of phenols is 4. The SMILES string of the molecule is COc1cc2oc(-c3cc(O)c(O)c(O)c3)cc(=O)c2c(O)c1CCCCCCCCCCCCO. The van der Waals surface area contributed by atoms with Crippen LogP contribution in [0.2, 0.25) is 0 Å². The summed E-state index contributed by atoms with van der Waals surface area (Å²) in [6.45, 7) is 0.278. The number of phenolic OH excluding ortho intramolecular Hbond substituents is 4. The van der Waals surface area contributed by atoms with Gasteiger partial charge in [-0.1, -0.05) is 51.4 Å². The molecule has 0 saturated heterocycles. The van der Waals surface area contributed by atoms with Crippen LogP contribution in [0, 0.1) is 0 Å². The molecule has 8 heteroatoms. The van der Waals surface area contributed by atoms with Gasteiger partial charge in [0.1, 0.15) is 28.2 Å². The molecule has 0 unspecified atom stereocenters. The van der Waals surface area contributed by atoms with Crippen molar-refractivity contribution in [3.05, 3.63) is 40.1 Å². The van der Waals surface area contributed by atoms with Crippen molar-refractivity contribution in [3.63, 3.8) is 0 Å². The van der Waals surface area contributed by atoms with Gasteiger partial charge in [0.15, 0.2) is 22.7 Å². The Bertz CT molecular complexity index is 1190. The summed E-state index contributed by atoms with van der Waals surface area (Å²) in [6, 6.07) is 5.07. The van der Waals surface area contributed by atoms with Crippen LogP contribution in [0.3, 0.4) is 0 Å². The smallest absolute Gasteiger partial charge is 0.200 e. The van der Waals surface area contributed by atoms with Gasteiger partial charge in [0.05, 0.1) is 7.11 Å². The van der Waals surface area contributed by atoms with Gasteiger partial charge >= 0.3 is 0 Å². The lowest BCUT2D eigenvalue weighted by Gasteiger charge is -2.13. The Morgan fingerprint density at radius 2 is 1.31 bits per heavy atom. The average Bonchev–Trinajstić information content (AvgIpc) is 2.86. The van der Waals surface area contributed by atoms with Crippen LogP contribution in [0.15, 0.2) is 33.5 Å². The molecule has 3 aromatic rings. The highest BCUT2D eigenvalue weighted by molar-refractivity contribution is 5.88. The predicted octanol–water partition coefficient (Wildman–Crippen LogP) is 5.73. The van der Waals surface area contributed by atoms with E-state index in [0.29, 0.717) is 17.7 Å². The molecule has 0 atom stereocenters. The molecule has 0 radical (unpaired) electrons. The summed E-state index contributed by atoms with van der Waals surface area (Å²) in [5.41, 5.74) is 0.392. The number of rotatable bonds is 14. The third-order valence-electron chi connectivity index (χ3n) is 6.47. The summed E-state index contributed by atoms with van der Waals surface area (Å²) in [7, 11) is 1.49. The first kappa shape index (κ1) is 27.2. The maximum absolute atomic E-state index is 12.9. The van der Waals surface area contributed by atoms with Crippen molar-refractivity contribution in [1.82, 2.24) is 0 Å². The van der Waals surface area contributed by atoms with E-state index in [9.17, 15) is 25.2 Å². The fourth-order valence-corrected chi connectivity index (χ4v) is 4.46. The lowest BCUT2D eigenvalue weighted by Crippen LogP contribution is -2.04. The number of unbranched alkanes of at least 4 members (excludes halogenated alkanes) is 9. The number of methoxy groups -OCH3 is 1. The molecule has 0 aliphatic rings. The maximum atomic E-state index is 12.9. The highest BCUT2D eigenvalue weighted by atomic mass is 16.5. The van der Waals surface area contributed by atoms with E-state index in [1.54, 1.807) is 6.07 Å². The summed E-state index contributed by atoms with van der Waals surface area (Å²) in [5.74, 6) is -1.47. The van der Waals surface area contributed by atoms with E-state index in [0.717, 1.165) is 38.5 Å². The van der Waals surface area contributed by atoms with E-state index in [4.69, 9.17) is 14.3 Å². The predicted molar refractivity (Wildman–Crippen MR) is 138 cm³/mol. The molecule has 0 amide bonds. The average molecular weight is 501 g/mol. The molecule has 36 heavy (non-hydrogen) atoms. The quantitative estimate of drug-likeness (QED) is 0.140. The van der Waals surface area contributed by atoms with Gasteiger partial charge in [0, 0.05) is 29.9 Å². The first-order valence-electron chi connectivity index (χ1n) is 12.6. The van der Waals surface area contributed by atoms with Gasteiger partial charge in [-0.3, -0.25) is 4.79 Å². The monoisotopic (exact) mass is 500 g/mol. The van der Waals surface area contributed by atoms with Crippen molar-refractivity contribution in [2.24, 2.45) is 0 Å². The second-order valence-electron chi connectivity index (χ2n) is 9.13. The first-order valence-corrected chi connectivity index (χ1v) is 12.6. The van der Waals surface area contributed by atoms with E-state index < -0.39 is 22.7 Å². The molecule has 0 saturated carbocycles. The van der Waals surface area contributed by atoms with Gasteiger partial charge in [-0.2, -0.15) is 0 Å². The second-order valence-corrected chi connectivity index (χ2v) is 9.13. The summed E-state index contributed by atoms with van der Waals surface area (Å²) in [5, 5.41) is 48.9. The van der Waals surface area contributed by atoms with Gasteiger partial charge < -0.3 is 34.7 Å². The summed E-state index contributed by atoms with van der Waals surface area (Å²) in [6.07, 6.45) is 11.5. The molecule has 0 spiro atoms. The fourth-order valence-electron chi connectivity index (χ4n) is 4.46. The molecule has 3 rings (SSSR count). The Labute approximate surface area is 210 Å². The Hall–Kier alpha value is -3.39.